The number of aromatic amines is 1. The number of H-pyrrole nitrogens is 1. The molecule has 0 aromatic carbocycles. The van der Waals surface area contributed by atoms with Crippen molar-refractivity contribution < 1.29 is 0 Å². The lowest BCUT2D eigenvalue weighted by Gasteiger charge is -1.95. The fourth-order valence-corrected chi connectivity index (χ4v) is 2.54. The largest absolute Gasteiger partial charge is 0.353 e. The Labute approximate surface area is 109 Å². The van der Waals surface area contributed by atoms with Crippen LogP contribution in [0.15, 0.2) is 22.8 Å². The monoisotopic (exact) mass is 315 g/mol. The molecule has 0 saturated carbocycles. The summed E-state index contributed by atoms with van der Waals surface area (Å²) in [6.07, 6.45) is 1.72. The van der Waals surface area contributed by atoms with Gasteiger partial charge in [-0.2, -0.15) is 0 Å². The first-order valence-electron chi connectivity index (χ1n) is 4.44. The van der Waals surface area contributed by atoms with Crippen LogP contribution in [0.4, 0.5) is 0 Å². The van der Waals surface area contributed by atoms with Crippen LogP contribution in [0, 0.1) is 0 Å². The van der Waals surface area contributed by atoms with E-state index in [0.29, 0.717) is 10.3 Å². The van der Waals surface area contributed by atoms with E-state index in [0.717, 1.165) is 26.4 Å². The Morgan fingerprint density at radius 2 is 2.00 bits per heavy atom. The van der Waals surface area contributed by atoms with Gasteiger partial charge >= 0.3 is 0 Å². The molecule has 3 rings (SSSR count). The zero-order valence-electron chi connectivity index (χ0n) is 7.76. The van der Waals surface area contributed by atoms with Crippen LogP contribution in [-0.2, 0) is 0 Å². The molecule has 0 fully saturated rings. The predicted octanol–water partition coefficient (Wildman–Crippen LogP) is 4.18. The fraction of sp³-hybridized carbons (Fsp3) is 0. The van der Waals surface area contributed by atoms with Crippen molar-refractivity contribution in [3.05, 3.63) is 33.1 Å². The number of rotatable bonds is 0. The van der Waals surface area contributed by atoms with Crippen LogP contribution in [0.3, 0.4) is 0 Å². The van der Waals surface area contributed by atoms with Gasteiger partial charge < -0.3 is 4.98 Å². The van der Waals surface area contributed by atoms with Crippen molar-refractivity contribution in [3.8, 4) is 0 Å². The van der Waals surface area contributed by atoms with Crippen LogP contribution in [0.5, 0.6) is 0 Å². The van der Waals surface area contributed by atoms with Crippen molar-refractivity contribution in [1.82, 2.24) is 15.0 Å². The van der Waals surface area contributed by atoms with Crippen molar-refractivity contribution >= 4 is 61.1 Å². The molecule has 16 heavy (non-hydrogen) atoms. The van der Waals surface area contributed by atoms with Gasteiger partial charge in [-0.15, -0.1) is 0 Å². The van der Waals surface area contributed by atoms with E-state index in [4.69, 9.17) is 23.2 Å². The summed E-state index contributed by atoms with van der Waals surface area (Å²) < 4.78 is 0.904. The molecule has 0 aliphatic heterocycles. The smallest absolute Gasteiger partial charge is 0.142 e. The van der Waals surface area contributed by atoms with E-state index in [-0.39, 0.29) is 0 Å². The number of hydrogen-bond donors (Lipinski definition) is 1. The van der Waals surface area contributed by atoms with Crippen LogP contribution < -0.4 is 0 Å². The molecular formula is C10H4BrCl2N3. The number of hydrogen-bond acceptors (Lipinski definition) is 2. The van der Waals surface area contributed by atoms with Crippen molar-refractivity contribution in [2.24, 2.45) is 0 Å². The summed E-state index contributed by atoms with van der Waals surface area (Å²) in [5, 5.41) is 1.53. The number of aromatic nitrogens is 3. The van der Waals surface area contributed by atoms with Gasteiger partial charge in [-0.05, 0) is 28.1 Å². The Kier molecular flexibility index (Phi) is 2.31. The number of nitrogens with one attached hydrogen (secondary N) is 1. The number of halogens is 3. The maximum absolute atomic E-state index is 6.06. The van der Waals surface area contributed by atoms with Gasteiger partial charge in [0.25, 0.3) is 0 Å². The third-order valence-electron chi connectivity index (χ3n) is 2.30. The van der Waals surface area contributed by atoms with Crippen LogP contribution in [0.2, 0.25) is 10.3 Å². The second-order valence-electron chi connectivity index (χ2n) is 3.33. The molecule has 0 saturated heterocycles. The lowest BCUT2D eigenvalue weighted by molar-refractivity contribution is 1.36. The molecule has 0 atom stereocenters. The van der Waals surface area contributed by atoms with Crippen molar-refractivity contribution in [2.45, 2.75) is 0 Å². The molecule has 0 aliphatic carbocycles. The quantitative estimate of drug-likeness (QED) is 0.632. The van der Waals surface area contributed by atoms with Gasteiger partial charge in [-0.3, -0.25) is 4.98 Å². The normalized spacial score (nSPS) is 11.4. The summed E-state index contributed by atoms with van der Waals surface area (Å²) in [5.41, 5.74) is 2.54. The van der Waals surface area contributed by atoms with E-state index in [1.165, 1.54) is 0 Å². The average molecular weight is 317 g/mol. The Hall–Kier alpha value is -0.840. The van der Waals surface area contributed by atoms with E-state index in [1.807, 2.05) is 6.07 Å². The van der Waals surface area contributed by atoms with Gasteiger partial charge in [0, 0.05) is 10.7 Å². The van der Waals surface area contributed by atoms with Crippen molar-refractivity contribution in [1.29, 1.82) is 0 Å². The molecule has 3 heterocycles. The van der Waals surface area contributed by atoms with Gasteiger partial charge in [0.1, 0.15) is 10.3 Å². The topological polar surface area (TPSA) is 41.6 Å². The summed E-state index contributed by atoms with van der Waals surface area (Å²) >= 11 is 15.3. The van der Waals surface area contributed by atoms with E-state index in [9.17, 15) is 0 Å². The van der Waals surface area contributed by atoms with Gasteiger partial charge in [0.15, 0.2) is 0 Å². The molecule has 0 bridgehead atoms. The number of fused-ring (bicyclic) bond motifs is 3. The molecule has 3 aromatic heterocycles. The minimum Gasteiger partial charge on any atom is -0.353 e. The van der Waals surface area contributed by atoms with Crippen molar-refractivity contribution in [2.75, 3.05) is 0 Å². The summed E-state index contributed by atoms with van der Waals surface area (Å²) in [6, 6.07) is 3.67. The van der Waals surface area contributed by atoms with Crippen LogP contribution in [0.1, 0.15) is 0 Å². The second-order valence-corrected chi connectivity index (χ2v) is 4.99. The SMILES string of the molecule is Clc1cc2[nH]c3cc(Br)cnc3c2c(Cl)n1. The summed E-state index contributed by atoms with van der Waals surface area (Å²) in [5.74, 6) is 0. The van der Waals surface area contributed by atoms with E-state index < -0.39 is 0 Å². The molecule has 6 heteroatoms. The second kappa shape index (κ2) is 3.58. The highest BCUT2D eigenvalue weighted by Gasteiger charge is 2.11. The van der Waals surface area contributed by atoms with Crippen LogP contribution in [0.25, 0.3) is 21.9 Å². The highest BCUT2D eigenvalue weighted by Crippen LogP contribution is 2.31. The third kappa shape index (κ3) is 1.49. The Bertz CT molecular complexity index is 708. The predicted molar refractivity (Wildman–Crippen MR) is 69.1 cm³/mol. The number of nitrogens with zero attached hydrogens (tertiary/aromatic N) is 2. The first kappa shape index (κ1) is 10.3. The fourth-order valence-electron chi connectivity index (χ4n) is 1.69. The Balaban J connectivity index is 2.56. The first-order chi connectivity index (χ1) is 7.65. The molecule has 3 nitrogen and oxygen atoms in total. The minimum absolute atomic E-state index is 0.364. The Morgan fingerprint density at radius 3 is 2.81 bits per heavy atom. The van der Waals surface area contributed by atoms with Crippen LogP contribution >= 0.6 is 39.1 Å². The Morgan fingerprint density at radius 1 is 1.19 bits per heavy atom. The lowest BCUT2D eigenvalue weighted by atomic mass is 10.3. The van der Waals surface area contributed by atoms with Gasteiger partial charge in [-0.25, -0.2) is 4.98 Å². The highest BCUT2D eigenvalue weighted by atomic mass is 79.9. The van der Waals surface area contributed by atoms with E-state index in [2.05, 4.69) is 30.9 Å². The maximum atomic E-state index is 6.06. The molecule has 0 unspecified atom stereocenters. The standard InChI is InChI=1S/C10H4BrCl2N3/c11-4-1-6-9(14-3-4)8-5(15-6)2-7(12)16-10(8)13/h1-3,15H. The third-order valence-corrected chi connectivity index (χ3v) is 3.21. The molecule has 3 aromatic rings. The lowest BCUT2D eigenvalue weighted by Crippen LogP contribution is -1.79. The van der Waals surface area contributed by atoms with Gasteiger partial charge in [0.2, 0.25) is 0 Å². The summed E-state index contributed by atoms with van der Waals surface area (Å²) in [4.78, 5) is 11.5. The number of pyridine rings is 2. The molecule has 1 N–H and O–H groups in total. The highest BCUT2D eigenvalue weighted by molar-refractivity contribution is 9.10. The maximum Gasteiger partial charge on any atom is 0.142 e. The van der Waals surface area contributed by atoms with Gasteiger partial charge in [0.05, 0.1) is 21.9 Å². The molecule has 0 amide bonds. The van der Waals surface area contributed by atoms with Crippen molar-refractivity contribution in [3.63, 3.8) is 0 Å². The van der Waals surface area contributed by atoms with Gasteiger partial charge in [-0.1, -0.05) is 23.2 Å². The first-order valence-corrected chi connectivity index (χ1v) is 5.99. The summed E-state index contributed by atoms with van der Waals surface area (Å²) in [6.45, 7) is 0. The molecule has 0 radical (unpaired) electrons. The zero-order chi connectivity index (χ0) is 11.3. The molecule has 0 aliphatic rings. The minimum atomic E-state index is 0.364. The van der Waals surface area contributed by atoms with E-state index >= 15 is 0 Å². The summed E-state index contributed by atoms with van der Waals surface area (Å²) in [7, 11) is 0. The molecular weight excluding hydrogens is 313 g/mol. The average Bonchev–Trinajstić information content (AvgIpc) is 2.54. The van der Waals surface area contributed by atoms with E-state index in [1.54, 1.807) is 12.3 Å². The molecule has 0 spiro atoms. The zero-order valence-corrected chi connectivity index (χ0v) is 10.9. The molecule has 80 valence electrons. The van der Waals surface area contributed by atoms with Crippen LogP contribution in [-0.4, -0.2) is 15.0 Å².